The molecule has 0 unspecified atom stereocenters. The highest BCUT2D eigenvalue weighted by Crippen LogP contribution is 2.30. The van der Waals surface area contributed by atoms with Crippen LogP contribution in [0.1, 0.15) is 40.6 Å². The summed E-state index contributed by atoms with van der Waals surface area (Å²) in [5.74, 6) is -1.10. The van der Waals surface area contributed by atoms with Gasteiger partial charge in [0.25, 0.3) is 5.91 Å². The van der Waals surface area contributed by atoms with Gasteiger partial charge in [0, 0.05) is 18.0 Å². The molecule has 0 aromatic carbocycles. The summed E-state index contributed by atoms with van der Waals surface area (Å²) >= 11 is 0. The Morgan fingerprint density at radius 1 is 1.07 bits per heavy atom. The summed E-state index contributed by atoms with van der Waals surface area (Å²) in [7, 11) is 0. The summed E-state index contributed by atoms with van der Waals surface area (Å²) in [5, 5.41) is 5.98. The summed E-state index contributed by atoms with van der Waals surface area (Å²) in [5.41, 5.74) is -2.43. The van der Waals surface area contributed by atoms with Gasteiger partial charge in [-0.25, -0.2) is 0 Å². The number of rotatable bonds is 4. The predicted molar refractivity (Wildman–Crippen MR) is 87.7 cm³/mol. The molecule has 13 heteroatoms. The van der Waals surface area contributed by atoms with Crippen LogP contribution in [0.5, 0.6) is 0 Å². The third-order valence-electron chi connectivity index (χ3n) is 3.79. The molecule has 30 heavy (non-hydrogen) atoms. The van der Waals surface area contributed by atoms with Crippen LogP contribution in [0.2, 0.25) is 0 Å². The highest BCUT2D eigenvalue weighted by atomic mass is 19.4. The second kappa shape index (κ2) is 7.72. The van der Waals surface area contributed by atoms with E-state index in [4.69, 9.17) is 4.52 Å². The van der Waals surface area contributed by atoms with Gasteiger partial charge in [-0.3, -0.25) is 14.8 Å². The van der Waals surface area contributed by atoms with Gasteiger partial charge in [-0.1, -0.05) is 5.16 Å². The molecule has 158 valence electrons. The van der Waals surface area contributed by atoms with Crippen molar-refractivity contribution in [3.05, 3.63) is 59.5 Å². The van der Waals surface area contributed by atoms with Crippen molar-refractivity contribution in [2.45, 2.75) is 25.3 Å². The maximum atomic E-state index is 12.8. The Kier molecular flexibility index (Phi) is 5.46. The first kappa shape index (κ1) is 21.2. The van der Waals surface area contributed by atoms with Crippen LogP contribution in [-0.2, 0) is 12.4 Å². The number of pyridine rings is 2. The van der Waals surface area contributed by atoms with E-state index in [9.17, 15) is 31.1 Å². The first-order valence-corrected chi connectivity index (χ1v) is 8.16. The van der Waals surface area contributed by atoms with Crippen LogP contribution in [0.25, 0.3) is 11.4 Å². The number of hydrogen-bond donors (Lipinski definition) is 1. The number of alkyl halides is 6. The average Bonchev–Trinajstić information content (AvgIpc) is 3.17. The summed E-state index contributed by atoms with van der Waals surface area (Å²) in [6, 6.07) is 2.70. The lowest BCUT2D eigenvalue weighted by atomic mass is 10.2. The normalized spacial score (nSPS) is 13.2. The maximum Gasteiger partial charge on any atom is 0.433 e. The number of hydrogen-bond acceptors (Lipinski definition) is 6. The van der Waals surface area contributed by atoms with Gasteiger partial charge < -0.3 is 9.84 Å². The number of nitrogens with one attached hydrogen (secondary N) is 1. The van der Waals surface area contributed by atoms with Crippen LogP contribution in [-0.4, -0.2) is 26.0 Å². The lowest BCUT2D eigenvalue weighted by Gasteiger charge is -2.10. The summed E-state index contributed by atoms with van der Waals surface area (Å²) in [6.07, 6.45) is -7.78. The zero-order valence-corrected chi connectivity index (χ0v) is 14.9. The molecule has 0 saturated carbocycles. The molecular formula is C17H11F6N5O2. The molecule has 3 heterocycles. The molecular weight excluding hydrogens is 420 g/mol. The standard InChI is InChI=1S/C17H11F6N5O2/c1-8(26-14(29)11-3-2-10(7-25-11)16(18,19)20)15-27-13(28-30-15)9-4-5-24-12(6-9)17(21,22)23/h2-8H,1H3,(H,26,29)/t8-/m0/s1. The second-order valence-electron chi connectivity index (χ2n) is 6.01. The molecule has 1 N–H and O–H groups in total. The number of carbonyl (C=O) groups excluding carboxylic acids is 1. The molecule has 3 aromatic rings. The van der Waals surface area contributed by atoms with E-state index in [0.29, 0.717) is 12.3 Å². The Balaban J connectivity index is 1.72. The Labute approximate surface area is 164 Å². The molecule has 7 nitrogen and oxygen atoms in total. The molecule has 0 aliphatic rings. The van der Waals surface area contributed by atoms with Gasteiger partial charge in [-0.05, 0) is 31.2 Å². The van der Waals surface area contributed by atoms with E-state index in [-0.39, 0.29) is 23.0 Å². The lowest BCUT2D eigenvalue weighted by molar-refractivity contribution is -0.141. The molecule has 0 spiro atoms. The van der Waals surface area contributed by atoms with Crippen molar-refractivity contribution in [1.29, 1.82) is 0 Å². The van der Waals surface area contributed by atoms with E-state index < -0.39 is 35.6 Å². The first-order chi connectivity index (χ1) is 13.9. The van der Waals surface area contributed by atoms with Crippen molar-refractivity contribution in [3.63, 3.8) is 0 Å². The molecule has 3 aromatic heterocycles. The van der Waals surface area contributed by atoms with Crippen LogP contribution in [0.3, 0.4) is 0 Å². The van der Waals surface area contributed by atoms with Crippen LogP contribution in [0.15, 0.2) is 41.2 Å². The molecule has 0 saturated heterocycles. The lowest BCUT2D eigenvalue weighted by Crippen LogP contribution is -2.27. The largest absolute Gasteiger partial charge is 0.433 e. The highest BCUT2D eigenvalue weighted by molar-refractivity contribution is 5.92. The van der Waals surface area contributed by atoms with Crippen molar-refractivity contribution < 1.29 is 35.7 Å². The van der Waals surface area contributed by atoms with Crippen molar-refractivity contribution in [1.82, 2.24) is 25.4 Å². The fourth-order valence-electron chi connectivity index (χ4n) is 2.28. The molecule has 0 aliphatic carbocycles. The average molecular weight is 431 g/mol. The van der Waals surface area contributed by atoms with E-state index in [2.05, 4.69) is 25.4 Å². The zero-order valence-electron chi connectivity index (χ0n) is 14.9. The summed E-state index contributed by atoms with van der Waals surface area (Å²) in [4.78, 5) is 22.8. The molecule has 3 rings (SSSR count). The molecule has 0 aliphatic heterocycles. The van der Waals surface area contributed by atoms with Gasteiger partial charge >= 0.3 is 12.4 Å². The van der Waals surface area contributed by atoms with Crippen LogP contribution < -0.4 is 5.32 Å². The van der Waals surface area contributed by atoms with Gasteiger partial charge in [0.05, 0.1) is 5.56 Å². The Morgan fingerprint density at radius 2 is 1.80 bits per heavy atom. The molecule has 1 atom stereocenters. The number of amides is 1. The first-order valence-electron chi connectivity index (χ1n) is 8.16. The van der Waals surface area contributed by atoms with Crippen LogP contribution in [0.4, 0.5) is 26.3 Å². The van der Waals surface area contributed by atoms with Crippen molar-refractivity contribution in [2.24, 2.45) is 0 Å². The van der Waals surface area contributed by atoms with E-state index in [1.807, 2.05) is 0 Å². The van der Waals surface area contributed by atoms with E-state index in [1.165, 1.54) is 13.0 Å². The van der Waals surface area contributed by atoms with Gasteiger partial charge in [-0.15, -0.1) is 0 Å². The SMILES string of the molecule is C[C@H](NC(=O)c1ccc(C(F)(F)F)cn1)c1nc(-c2ccnc(C(F)(F)F)c2)no1. The monoisotopic (exact) mass is 431 g/mol. The molecule has 0 radical (unpaired) electrons. The Bertz CT molecular complexity index is 1050. The Morgan fingerprint density at radius 3 is 2.40 bits per heavy atom. The Hall–Kier alpha value is -3.51. The quantitative estimate of drug-likeness (QED) is 0.627. The third-order valence-corrected chi connectivity index (χ3v) is 3.79. The van der Waals surface area contributed by atoms with Crippen molar-refractivity contribution in [3.8, 4) is 11.4 Å². The van der Waals surface area contributed by atoms with E-state index >= 15 is 0 Å². The van der Waals surface area contributed by atoms with Crippen LogP contribution >= 0.6 is 0 Å². The summed E-state index contributed by atoms with van der Waals surface area (Å²) in [6.45, 7) is 1.44. The smallest absolute Gasteiger partial charge is 0.339 e. The van der Waals surface area contributed by atoms with Gasteiger partial charge in [-0.2, -0.15) is 31.3 Å². The topological polar surface area (TPSA) is 93.8 Å². The molecule has 1 amide bonds. The second-order valence-corrected chi connectivity index (χ2v) is 6.01. The maximum absolute atomic E-state index is 12.8. The van der Waals surface area contributed by atoms with Crippen LogP contribution in [0, 0.1) is 0 Å². The van der Waals surface area contributed by atoms with Gasteiger partial charge in [0.15, 0.2) is 0 Å². The van der Waals surface area contributed by atoms with Crippen molar-refractivity contribution >= 4 is 5.91 Å². The minimum Gasteiger partial charge on any atom is -0.339 e. The molecule has 0 bridgehead atoms. The van der Waals surface area contributed by atoms with E-state index in [0.717, 1.165) is 18.3 Å². The third kappa shape index (κ3) is 4.72. The number of halogens is 6. The minimum atomic E-state index is -4.65. The highest BCUT2D eigenvalue weighted by Gasteiger charge is 2.33. The number of nitrogens with zero attached hydrogens (tertiary/aromatic N) is 4. The fraction of sp³-hybridized carbons (Fsp3) is 0.235. The van der Waals surface area contributed by atoms with Crippen molar-refractivity contribution in [2.75, 3.05) is 0 Å². The predicted octanol–water partition coefficient (Wildman–Crippen LogP) is 4.06. The zero-order chi connectivity index (χ0) is 22.1. The van der Waals surface area contributed by atoms with E-state index in [1.54, 1.807) is 0 Å². The van der Waals surface area contributed by atoms with Gasteiger partial charge in [0.2, 0.25) is 11.7 Å². The van der Waals surface area contributed by atoms with Gasteiger partial charge in [0.1, 0.15) is 17.4 Å². The number of aromatic nitrogens is 4. The molecule has 0 fully saturated rings. The fourth-order valence-corrected chi connectivity index (χ4v) is 2.28. The number of carbonyl (C=O) groups is 1. The minimum absolute atomic E-state index is 0.00439. The summed E-state index contributed by atoms with van der Waals surface area (Å²) < 4.78 is 80.9.